The first-order valence-electron chi connectivity index (χ1n) is 14.4. The number of pyridine rings is 1. The van der Waals surface area contributed by atoms with Crippen LogP contribution in [0.4, 0.5) is 4.79 Å². The number of aromatic hydroxyl groups is 1. The third-order valence-corrected chi connectivity index (χ3v) is 7.55. The maximum atomic E-state index is 13.0. The maximum absolute atomic E-state index is 13.0. The molecule has 230 valence electrons. The Hall–Kier alpha value is -5.13. The van der Waals surface area contributed by atoms with Gasteiger partial charge in [0.2, 0.25) is 0 Å². The fourth-order valence-electron chi connectivity index (χ4n) is 5.14. The highest BCUT2D eigenvalue weighted by molar-refractivity contribution is 5.94. The number of carbonyl (C=O) groups excluding carboxylic acids is 4. The molecule has 1 N–H and O–H groups in total. The van der Waals surface area contributed by atoms with Crippen molar-refractivity contribution in [3.63, 3.8) is 0 Å². The molecule has 0 aliphatic carbocycles. The summed E-state index contributed by atoms with van der Waals surface area (Å²) in [5.74, 6) is 0.267. The lowest BCUT2D eigenvalue weighted by Gasteiger charge is -2.31. The van der Waals surface area contributed by atoms with Crippen LogP contribution in [0.5, 0.6) is 23.0 Å². The van der Waals surface area contributed by atoms with Crippen LogP contribution in [-0.4, -0.2) is 83.0 Å². The average Bonchev–Trinajstić information content (AvgIpc) is 3.40. The molecule has 1 aromatic heterocycles. The monoisotopic (exact) mass is 603 g/mol. The highest BCUT2D eigenvalue weighted by atomic mass is 16.6. The van der Waals surface area contributed by atoms with E-state index in [0.29, 0.717) is 49.8 Å². The minimum Gasteiger partial charge on any atom is -0.507 e. The molecule has 3 heterocycles. The molecule has 12 heteroatoms. The SMILES string of the molecule is CCOC(=O)N1C(COc2cccc(O)c2C=O)CCC1Oc1cccc(OCc2cccnc2C(=O)N2CCC2)c1C=O. The van der Waals surface area contributed by atoms with Crippen molar-refractivity contribution in [2.75, 3.05) is 26.3 Å². The molecule has 2 saturated heterocycles. The van der Waals surface area contributed by atoms with Crippen LogP contribution in [0.25, 0.3) is 0 Å². The molecule has 2 aromatic carbocycles. The van der Waals surface area contributed by atoms with E-state index >= 15 is 0 Å². The van der Waals surface area contributed by atoms with Gasteiger partial charge in [0.05, 0.1) is 23.8 Å². The second kappa shape index (κ2) is 13.9. The summed E-state index contributed by atoms with van der Waals surface area (Å²) in [7, 11) is 0. The predicted octanol–water partition coefficient (Wildman–Crippen LogP) is 4.24. The summed E-state index contributed by atoms with van der Waals surface area (Å²) in [6.45, 7) is 3.22. The summed E-state index contributed by atoms with van der Waals surface area (Å²) in [5, 5.41) is 9.97. The Kier molecular flexibility index (Phi) is 9.58. The Bertz CT molecular complexity index is 1520. The van der Waals surface area contributed by atoms with E-state index in [2.05, 4.69) is 4.98 Å². The van der Waals surface area contributed by atoms with E-state index in [9.17, 15) is 24.3 Å². The third-order valence-electron chi connectivity index (χ3n) is 7.55. The number of aromatic nitrogens is 1. The summed E-state index contributed by atoms with van der Waals surface area (Å²) in [5.41, 5.74) is 1.05. The number of ether oxygens (including phenoxy) is 4. The smallest absolute Gasteiger partial charge is 0.413 e. The number of hydrogen-bond acceptors (Lipinski definition) is 10. The van der Waals surface area contributed by atoms with Gasteiger partial charge in [-0.2, -0.15) is 0 Å². The molecule has 2 aliphatic heterocycles. The first-order chi connectivity index (χ1) is 21.4. The first-order valence-corrected chi connectivity index (χ1v) is 14.4. The number of nitrogens with zero attached hydrogens (tertiary/aromatic N) is 3. The highest BCUT2D eigenvalue weighted by Gasteiger charge is 2.40. The van der Waals surface area contributed by atoms with Crippen LogP contribution in [0.3, 0.4) is 0 Å². The lowest BCUT2D eigenvalue weighted by atomic mass is 10.1. The number of benzene rings is 2. The van der Waals surface area contributed by atoms with Gasteiger partial charge in [-0.3, -0.25) is 24.3 Å². The van der Waals surface area contributed by atoms with Crippen molar-refractivity contribution >= 4 is 24.6 Å². The van der Waals surface area contributed by atoms with E-state index in [4.69, 9.17) is 18.9 Å². The largest absolute Gasteiger partial charge is 0.507 e. The van der Waals surface area contributed by atoms with Crippen LogP contribution >= 0.6 is 0 Å². The van der Waals surface area contributed by atoms with Crippen molar-refractivity contribution < 1.29 is 43.2 Å². The summed E-state index contributed by atoms with van der Waals surface area (Å²) in [6.07, 6.45) is 3.13. The summed E-state index contributed by atoms with van der Waals surface area (Å²) >= 11 is 0. The first kappa shape index (κ1) is 30.3. The number of hydrogen-bond donors (Lipinski definition) is 1. The topological polar surface area (TPSA) is 145 Å². The van der Waals surface area contributed by atoms with E-state index in [1.807, 2.05) is 0 Å². The number of amides is 2. The van der Waals surface area contributed by atoms with Gasteiger partial charge < -0.3 is 29.0 Å². The fraction of sp³-hybridized carbons (Fsp3) is 0.344. The number of carbonyl (C=O) groups is 4. The minimum absolute atomic E-state index is 0.00264. The Morgan fingerprint density at radius 1 is 0.955 bits per heavy atom. The Balaban J connectivity index is 1.31. The van der Waals surface area contributed by atoms with Crippen molar-refractivity contribution in [1.29, 1.82) is 0 Å². The molecule has 44 heavy (non-hydrogen) atoms. The number of aldehydes is 2. The molecule has 12 nitrogen and oxygen atoms in total. The number of phenols is 1. The molecular weight excluding hydrogens is 570 g/mol. The van der Waals surface area contributed by atoms with Crippen LogP contribution in [0.2, 0.25) is 0 Å². The summed E-state index contributed by atoms with van der Waals surface area (Å²) in [4.78, 5) is 57.0. The molecule has 2 aliphatic rings. The van der Waals surface area contributed by atoms with Gasteiger partial charge >= 0.3 is 6.09 Å². The van der Waals surface area contributed by atoms with Crippen molar-refractivity contribution in [3.05, 3.63) is 77.1 Å². The summed E-state index contributed by atoms with van der Waals surface area (Å²) in [6, 6.07) is 12.4. The molecule has 3 aromatic rings. The van der Waals surface area contributed by atoms with Gasteiger partial charge in [-0.15, -0.1) is 0 Å². The number of likely N-dealkylation sites (tertiary alicyclic amines) is 2. The quantitative estimate of drug-likeness (QED) is 0.298. The maximum Gasteiger partial charge on any atom is 0.413 e. The Morgan fingerprint density at radius 2 is 1.68 bits per heavy atom. The minimum atomic E-state index is -0.787. The van der Waals surface area contributed by atoms with Crippen molar-refractivity contribution in [1.82, 2.24) is 14.8 Å². The van der Waals surface area contributed by atoms with Gasteiger partial charge in [0, 0.05) is 31.3 Å². The Labute approximate surface area is 254 Å². The van der Waals surface area contributed by atoms with Crippen LogP contribution in [0, 0.1) is 0 Å². The molecular formula is C32H33N3O9. The van der Waals surface area contributed by atoms with Crippen LogP contribution in [-0.2, 0) is 11.3 Å². The van der Waals surface area contributed by atoms with Crippen LogP contribution < -0.4 is 14.2 Å². The Morgan fingerprint density at radius 3 is 2.39 bits per heavy atom. The van der Waals surface area contributed by atoms with Gasteiger partial charge in [0.25, 0.3) is 5.91 Å². The zero-order chi connectivity index (χ0) is 31.1. The lowest BCUT2D eigenvalue weighted by Crippen LogP contribution is -2.46. The average molecular weight is 604 g/mol. The molecule has 0 radical (unpaired) electrons. The highest BCUT2D eigenvalue weighted by Crippen LogP contribution is 2.34. The summed E-state index contributed by atoms with van der Waals surface area (Å²) < 4.78 is 23.3. The van der Waals surface area contributed by atoms with Crippen molar-refractivity contribution in [2.45, 2.75) is 45.1 Å². The standard InChI is InChI=1S/C32H33N3O9/c1-2-41-32(40)35-22(20-43-26-9-3-8-25(38)23(26)17-36)12-13-29(35)44-28-11-4-10-27(24(28)18-37)42-19-21-7-5-14-33-30(21)31(39)34-15-6-16-34/h3-5,7-11,14,17-18,22,29,38H,2,6,12-13,15-16,19-20H2,1H3. The number of rotatable bonds is 12. The van der Waals surface area contributed by atoms with Gasteiger partial charge in [-0.1, -0.05) is 18.2 Å². The van der Waals surface area contributed by atoms with Gasteiger partial charge in [0.1, 0.15) is 41.9 Å². The second-order valence-corrected chi connectivity index (χ2v) is 10.3. The number of phenolic OH excluding ortho intramolecular Hbond substituents is 1. The zero-order valence-corrected chi connectivity index (χ0v) is 24.2. The molecule has 0 bridgehead atoms. The molecule has 2 unspecified atom stereocenters. The third kappa shape index (κ3) is 6.43. The van der Waals surface area contributed by atoms with Crippen molar-refractivity contribution in [2.24, 2.45) is 0 Å². The molecule has 0 saturated carbocycles. The molecule has 5 rings (SSSR count). The van der Waals surface area contributed by atoms with E-state index in [1.165, 1.54) is 11.0 Å². The molecule has 2 fully saturated rings. The van der Waals surface area contributed by atoms with Gasteiger partial charge in [-0.25, -0.2) is 4.79 Å². The van der Waals surface area contributed by atoms with Gasteiger partial charge in [-0.05, 0) is 50.1 Å². The van der Waals surface area contributed by atoms with E-state index < -0.39 is 18.4 Å². The molecule has 0 spiro atoms. The van der Waals surface area contributed by atoms with Gasteiger partial charge in [0.15, 0.2) is 18.8 Å². The van der Waals surface area contributed by atoms with Crippen LogP contribution in [0.15, 0.2) is 54.7 Å². The van der Waals surface area contributed by atoms with E-state index in [-0.39, 0.29) is 59.9 Å². The lowest BCUT2D eigenvalue weighted by molar-refractivity contribution is 0.0162. The predicted molar refractivity (Wildman–Crippen MR) is 156 cm³/mol. The fourth-order valence-corrected chi connectivity index (χ4v) is 5.14. The van der Waals surface area contributed by atoms with E-state index in [1.54, 1.807) is 60.5 Å². The molecule has 2 atom stereocenters. The molecule has 2 amide bonds. The van der Waals surface area contributed by atoms with Crippen molar-refractivity contribution in [3.8, 4) is 23.0 Å². The second-order valence-electron chi connectivity index (χ2n) is 10.3. The normalized spacial score (nSPS) is 17.4. The van der Waals surface area contributed by atoms with Crippen LogP contribution in [0.1, 0.15) is 63.0 Å². The zero-order valence-electron chi connectivity index (χ0n) is 24.2. The van der Waals surface area contributed by atoms with E-state index in [0.717, 1.165) is 6.42 Å².